The van der Waals surface area contributed by atoms with Gasteiger partial charge in [0.15, 0.2) is 5.17 Å². The van der Waals surface area contributed by atoms with Crippen molar-refractivity contribution in [2.24, 2.45) is 10.7 Å². The maximum atomic E-state index is 12.8. The summed E-state index contributed by atoms with van der Waals surface area (Å²) >= 11 is 1.57. The molecule has 24 heavy (non-hydrogen) atoms. The Bertz CT molecular complexity index is 587. The molecule has 2 N–H and O–H groups in total. The van der Waals surface area contributed by atoms with Crippen LogP contribution in [0.2, 0.25) is 0 Å². The second kappa shape index (κ2) is 7.14. The first-order valence-electron chi connectivity index (χ1n) is 8.56. The van der Waals surface area contributed by atoms with Gasteiger partial charge in [-0.1, -0.05) is 11.8 Å². The maximum Gasteiger partial charge on any atom is 0.245 e. The van der Waals surface area contributed by atoms with Crippen molar-refractivity contribution in [1.29, 1.82) is 0 Å². The number of amides is 2. The van der Waals surface area contributed by atoms with Crippen LogP contribution < -0.4 is 5.73 Å². The van der Waals surface area contributed by atoms with Crippen LogP contribution in [-0.2, 0) is 9.59 Å². The van der Waals surface area contributed by atoms with Gasteiger partial charge in [0.2, 0.25) is 11.8 Å². The van der Waals surface area contributed by atoms with Crippen LogP contribution >= 0.6 is 11.8 Å². The minimum absolute atomic E-state index is 0.0134. The van der Waals surface area contributed by atoms with E-state index in [1.54, 1.807) is 21.6 Å². The van der Waals surface area contributed by atoms with Crippen molar-refractivity contribution < 1.29 is 9.59 Å². The molecule has 132 valence electrons. The normalized spacial score (nSPS) is 25.6. The Balaban J connectivity index is 1.68. The van der Waals surface area contributed by atoms with Crippen LogP contribution in [0.25, 0.3) is 0 Å². The number of nitrogens with zero attached hydrogens (tertiary/aromatic N) is 4. The molecule has 2 atom stereocenters. The van der Waals surface area contributed by atoms with Gasteiger partial charge in [0.1, 0.15) is 6.04 Å². The zero-order valence-electron chi connectivity index (χ0n) is 14.3. The highest BCUT2D eigenvalue weighted by atomic mass is 32.2. The molecule has 0 spiro atoms. The van der Waals surface area contributed by atoms with Gasteiger partial charge in [-0.2, -0.15) is 0 Å². The van der Waals surface area contributed by atoms with E-state index >= 15 is 0 Å². The molecule has 3 heterocycles. The van der Waals surface area contributed by atoms with E-state index in [4.69, 9.17) is 5.73 Å². The van der Waals surface area contributed by atoms with Crippen LogP contribution in [0.4, 0.5) is 0 Å². The van der Waals surface area contributed by atoms with Crippen molar-refractivity contribution in [2.45, 2.75) is 38.8 Å². The lowest BCUT2D eigenvalue weighted by atomic mass is 10.1. The van der Waals surface area contributed by atoms with Gasteiger partial charge in [-0.3, -0.25) is 14.6 Å². The third-order valence-corrected chi connectivity index (χ3v) is 5.75. The zero-order valence-corrected chi connectivity index (χ0v) is 15.1. The number of carbonyl (C=O) groups is 2. The average Bonchev–Trinajstić information content (AvgIpc) is 3.25. The molecule has 3 aliphatic heterocycles. The van der Waals surface area contributed by atoms with Gasteiger partial charge in [0.25, 0.3) is 0 Å². The lowest BCUT2D eigenvalue weighted by Crippen LogP contribution is -2.48. The molecule has 0 aromatic carbocycles. The zero-order chi connectivity index (χ0) is 17.3. The third-order valence-electron chi connectivity index (χ3n) is 4.79. The lowest BCUT2D eigenvalue weighted by Gasteiger charge is -2.29. The molecule has 0 radical (unpaired) electrons. The maximum absolute atomic E-state index is 12.8. The number of nitrogens with two attached hydrogens (primary N) is 1. The number of fused-ring (bicyclic) bond motifs is 1. The topological polar surface area (TPSA) is 82.2 Å². The van der Waals surface area contributed by atoms with Crippen LogP contribution in [0.15, 0.2) is 16.1 Å². The number of likely N-dealkylation sites (N-methyl/N-ethyl adjacent to an activating group) is 1. The Morgan fingerprint density at radius 1 is 1.42 bits per heavy atom. The number of aliphatic imine (C=N–C) groups is 1. The van der Waals surface area contributed by atoms with E-state index in [1.807, 2.05) is 19.3 Å². The lowest BCUT2D eigenvalue weighted by molar-refractivity contribution is -0.143. The van der Waals surface area contributed by atoms with E-state index < -0.39 is 6.04 Å². The van der Waals surface area contributed by atoms with E-state index in [1.165, 1.54) is 0 Å². The molecule has 0 aliphatic carbocycles. The highest BCUT2D eigenvalue weighted by Crippen LogP contribution is 2.32. The molecule has 1 fully saturated rings. The van der Waals surface area contributed by atoms with Crippen molar-refractivity contribution in [3.63, 3.8) is 0 Å². The van der Waals surface area contributed by atoms with E-state index in [2.05, 4.69) is 9.89 Å². The van der Waals surface area contributed by atoms with Gasteiger partial charge in [0, 0.05) is 37.9 Å². The molecule has 3 rings (SSSR count). The Hall–Kier alpha value is -1.54. The summed E-state index contributed by atoms with van der Waals surface area (Å²) in [6.45, 7) is 7.29. The second-order valence-corrected chi connectivity index (χ2v) is 7.12. The summed E-state index contributed by atoms with van der Waals surface area (Å²) in [5.41, 5.74) is 7.04. The molecular formula is C16H25N5O2S. The van der Waals surface area contributed by atoms with Crippen LogP contribution in [0.1, 0.15) is 26.7 Å². The molecular weight excluding hydrogens is 326 g/mol. The van der Waals surface area contributed by atoms with Crippen LogP contribution in [0.5, 0.6) is 0 Å². The van der Waals surface area contributed by atoms with Gasteiger partial charge in [-0.15, -0.1) is 0 Å². The van der Waals surface area contributed by atoms with Crippen LogP contribution in [-0.4, -0.2) is 76.5 Å². The summed E-state index contributed by atoms with van der Waals surface area (Å²) in [6, 6.07) is -0.553. The molecule has 0 unspecified atom stereocenters. The number of hydrogen-bond acceptors (Lipinski definition) is 6. The standard InChI is InChI=1S/C16H25N5O2S/c1-3-19(4-2)15(23)13-7-11(17)9-21(13)14(22)8-12-10-24-16-18-5-6-20(12)16/h10-11,13H,3-9,17H2,1-2H3/t11-,13-/m0/s1. The summed E-state index contributed by atoms with van der Waals surface area (Å²) < 4.78 is 0. The number of amidine groups is 1. The van der Waals surface area contributed by atoms with Crippen molar-refractivity contribution >= 4 is 28.7 Å². The highest BCUT2D eigenvalue weighted by Gasteiger charge is 2.40. The monoisotopic (exact) mass is 351 g/mol. The van der Waals surface area contributed by atoms with Gasteiger partial charge >= 0.3 is 0 Å². The highest BCUT2D eigenvalue weighted by molar-refractivity contribution is 8.16. The Labute approximate surface area is 146 Å². The minimum atomic E-state index is -0.422. The Kier molecular flexibility index (Phi) is 5.15. The first-order valence-corrected chi connectivity index (χ1v) is 9.44. The van der Waals surface area contributed by atoms with E-state index in [0.29, 0.717) is 32.5 Å². The second-order valence-electron chi connectivity index (χ2n) is 6.29. The first kappa shape index (κ1) is 17.3. The molecule has 3 aliphatic rings. The third kappa shape index (κ3) is 3.17. The van der Waals surface area contributed by atoms with E-state index in [-0.39, 0.29) is 17.9 Å². The Morgan fingerprint density at radius 2 is 2.17 bits per heavy atom. The van der Waals surface area contributed by atoms with Crippen LogP contribution in [0, 0.1) is 0 Å². The number of likely N-dealkylation sites (tertiary alicyclic amines) is 1. The summed E-state index contributed by atoms with van der Waals surface area (Å²) in [4.78, 5) is 35.5. The number of rotatable bonds is 5. The van der Waals surface area contributed by atoms with Gasteiger partial charge < -0.3 is 20.4 Å². The van der Waals surface area contributed by atoms with Gasteiger partial charge in [-0.05, 0) is 25.7 Å². The molecule has 0 aromatic heterocycles. The SMILES string of the molecule is CCN(CC)C(=O)[C@@H]1C[C@H](N)CN1C(=O)CC1=CSC2=NCCN12. The van der Waals surface area contributed by atoms with Crippen molar-refractivity contribution in [2.75, 3.05) is 32.7 Å². The molecule has 2 amide bonds. The fraction of sp³-hybridized carbons (Fsp3) is 0.688. The van der Waals surface area contributed by atoms with Crippen molar-refractivity contribution in [3.8, 4) is 0 Å². The first-order chi connectivity index (χ1) is 11.5. The van der Waals surface area contributed by atoms with Gasteiger partial charge in [-0.25, -0.2) is 0 Å². The molecule has 7 nitrogen and oxygen atoms in total. The number of carbonyl (C=O) groups excluding carboxylic acids is 2. The Morgan fingerprint density at radius 3 is 2.88 bits per heavy atom. The summed E-state index contributed by atoms with van der Waals surface area (Å²) in [5.74, 6) is -0.00652. The number of hydrogen-bond donors (Lipinski definition) is 1. The largest absolute Gasteiger partial charge is 0.341 e. The smallest absolute Gasteiger partial charge is 0.245 e. The van der Waals surface area contributed by atoms with Crippen LogP contribution in [0.3, 0.4) is 0 Å². The molecule has 0 saturated carbocycles. The molecule has 8 heteroatoms. The number of thioether (sulfide) groups is 1. The molecule has 1 saturated heterocycles. The predicted octanol–water partition coefficient (Wildman–Crippen LogP) is 0.433. The summed E-state index contributed by atoms with van der Waals surface area (Å²) in [5, 5.41) is 2.97. The van der Waals surface area contributed by atoms with E-state index in [9.17, 15) is 9.59 Å². The quantitative estimate of drug-likeness (QED) is 0.777. The van der Waals surface area contributed by atoms with Crippen molar-refractivity contribution in [1.82, 2.24) is 14.7 Å². The fourth-order valence-electron chi connectivity index (χ4n) is 3.50. The molecule has 0 bridgehead atoms. The average molecular weight is 351 g/mol. The van der Waals surface area contributed by atoms with E-state index in [0.717, 1.165) is 24.0 Å². The fourth-order valence-corrected chi connectivity index (χ4v) is 4.45. The van der Waals surface area contributed by atoms with Crippen molar-refractivity contribution in [3.05, 3.63) is 11.1 Å². The molecule has 0 aromatic rings. The van der Waals surface area contributed by atoms with Gasteiger partial charge in [0.05, 0.1) is 13.0 Å². The minimum Gasteiger partial charge on any atom is -0.341 e. The predicted molar refractivity (Wildman–Crippen MR) is 95.3 cm³/mol. The summed E-state index contributed by atoms with van der Waals surface area (Å²) in [7, 11) is 0. The summed E-state index contributed by atoms with van der Waals surface area (Å²) in [6.07, 6.45) is 0.853.